The quantitative estimate of drug-likeness (QED) is 0.267. The molecule has 0 aliphatic rings. The third kappa shape index (κ3) is 5.26. The molecule has 0 fully saturated rings. The maximum Gasteiger partial charge on any atom is 0.191 e. The Kier molecular flexibility index (Phi) is 7.88. The van der Waals surface area contributed by atoms with E-state index in [0.717, 1.165) is 6.54 Å². The number of guanidine groups is 1. The summed E-state index contributed by atoms with van der Waals surface area (Å²) in [6.07, 6.45) is 1.56. The normalized spacial score (nSPS) is 14.8. The van der Waals surface area contributed by atoms with Gasteiger partial charge < -0.3 is 20.2 Å². The predicted octanol–water partition coefficient (Wildman–Crippen LogP) is 4.57. The van der Waals surface area contributed by atoms with E-state index in [0.29, 0.717) is 11.7 Å². The van der Waals surface area contributed by atoms with E-state index in [9.17, 15) is 5.11 Å². The number of aliphatic imine (C=N–C) groups is 1. The van der Waals surface area contributed by atoms with Gasteiger partial charge in [-0.15, -0.1) is 24.0 Å². The van der Waals surface area contributed by atoms with Crippen molar-refractivity contribution in [3.63, 3.8) is 0 Å². The number of nitrogens with zero attached hydrogens (tertiary/aromatic N) is 1. The molecule has 2 aromatic carbocycles. The van der Waals surface area contributed by atoms with Crippen molar-refractivity contribution >= 4 is 40.7 Å². The predicted molar refractivity (Wildman–Crippen MR) is 125 cm³/mol. The molecule has 3 rings (SSSR count). The standard InChI is InChI=1S/C22H27N3O2.HI/c1-4-23-21(24-15-22(3,26)20-13-8-14-27-20)25-16(2)18-12-7-10-17-9-5-6-11-19(17)18;/h5-14,16,26H,4,15H2,1-3H3,(H2,23,24,25);1H. The first-order valence-corrected chi connectivity index (χ1v) is 9.30. The molecule has 1 heterocycles. The fourth-order valence-corrected chi connectivity index (χ4v) is 3.13. The summed E-state index contributed by atoms with van der Waals surface area (Å²) in [6.45, 7) is 6.76. The van der Waals surface area contributed by atoms with Gasteiger partial charge in [0.05, 0.1) is 18.8 Å². The van der Waals surface area contributed by atoms with Gasteiger partial charge >= 0.3 is 0 Å². The minimum Gasteiger partial charge on any atom is -0.466 e. The molecule has 3 aromatic rings. The molecule has 0 radical (unpaired) electrons. The molecule has 6 heteroatoms. The molecule has 2 unspecified atom stereocenters. The van der Waals surface area contributed by atoms with Gasteiger partial charge in [-0.1, -0.05) is 42.5 Å². The minimum absolute atomic E-state index is 0. The largest absolute Gasteiger partial charge is 0.466 e. The van der Waals surface area contributed by atoms with E-state index in [1.807, 2.05) is 13.0 Å². The van der Waals surface area contributed by atoms with Gasteiger partial charge in [0.1, 0.15) is 11.4 Å². The zero-order chi connectivity index (χ0) is 19.3. The van der Waals surface area contributed by atoms with E-state index in [1.165, 1.54) is 16.3 Å². The zero-order valence-electron chi connectivity index (χ0n) is 16.5. The summed E-state index contributed by atoms with van der Waals surface area (Å²) in [5.74, 6) is 1.16. The van der Waals surface area contributed by atoms with E-state index >= 15 is 0 Å². The van der Waals surface area contributed by atoms with Crippen LogP contribution in [0.25, 0.3) is 10.8 Å². The molecule has 1 aromatic heterocycles. The Morgan fingerprint density at radius 1 is 1.14 bits per heavy atom. The lowest BCUT2D eigenvalue weighted by molar-refractivity contribution is 0.0437. The van der Waals surface area contributed by atoms with Gasteiger partial charge in [0.25, 0.3) is 0 Å². The maximum atomic E-state index is 10.6. The smallest absolute Gasteiger partial charge is 0.191 e. The van der Waals surface area contributed by atoms with Crippen LogP contribution in [0.5, 0.6) is 0 Å². The number of hydrogen-bond acceptors (Lipinski definition) is 3. The lowest BCUT2D eigenvalue weighted by atomic mass is 10.00. The summed E-state index contributed by atoms with van der Waals surface area (Å²) in [5.41, 5.74) is 0.0469. The summed E-state index contributed by atoms with van der Waals surface area (Å²) < 4.78 is 5.33. The minimum atomic E-state index is -1.16. The van der Waals surface area contributed by atoms with Crippen molar-refractivity contribution in [2.45, 2.75) is 32.4 Å². The molecule has 0 spiro atoms. The summed E-state index contributed by atoms with van der Waals surface area (Å²) in [6, 6.07) is 18.2. The van der Waals surface area contributed by atoms with Gasteiger partial charge in [-0.25, -0.2) is 4.99 Å². The fraction of sp³-hybridized carbons (Fsp3) is 0.318. The molecule has 3 N–H and O–H groups in total. The summed E-state index contributed by atoms with van der Waals surface area (Å²) in [7, 11) is 0. The average molecular weight is 493 g/mol. The van der Waals surface area contributed by atoms with Crippen molar-refractivity contribution in [1.29, 1.82) is 0 Å². The summed E-state index contributed by atoms with van der Waals surface area (Å²) in [4.78, 5) is 4.57. The molecular formula is C22H28IN3O2. The van der Waals surface area contributed by atoms with E-state index in [2.05, 4.69) is 58.9 Å². The molecular weight excluding hydrogens is 465 g/mol. The maximum absolute atomic E-state index is 10.6. The first-order valence-electron chi connectivity index (χ1n) is 9.30. The average Bonchev–Trinajstić information content (AvgIpc) is 3.21. The molecule has 28 heavy (non-hydrogen) atoms. The van der Waals surface area contributed by atoms with Crippen molar-refractivity contribution in [3.8, 4) is 0 Å². The van der Waals surface area contributed by atoms with Crippen LogP contribution in [0.2, 0.25) is 0 Å². The molecule has 0 aliphatic carbocycles. The van der Waals surface area contributed by atoms with Crippen LogP contribution in [0.4, 0.5) is 0 Å². The highest BCUT2D eigenvalue weighted by molar-refractivity contribution is 14.0. The van der Waals surface area contributed by atoms with Crippen LogP contribution in [0.1, 0.15) is 38.1 Å². The van der Waals surface area contributed by atoms with Crippen LogP contribution in [0, 0.1) is 0 Å². The van der Waals surface area contributed by atoms with Crippen LogP contribution in [0.3, 0.4) is 0 Å². The lowest BCUT2D eigenvalue weighted by Gasteiger charge is -2.22. The van der Waals surface area contributed by atoms with E-state index in [1.54, 1.807) is 25.3 Å². The highest BCUT2D eigenvalue weighted by Gasteiger charge is 2.26. The number of benzene rings is 2. The lowest BCUT2D eigenvalue weighted by Crippen LogP contribution is -2.40. The SMILES string of the molecule is CCNC(=NCC(C)(O)c1ccco1)NC(C)c1cccc2ccccc12.I. The van der Waals surface area contributed by atoms with Crippen LogP contribution in [0.15, 0.2) is 70.3 Å². The Morgan fingerprint density at radius 3 is 2.61 bits per heavy atom. The number of furan rings is 1. The van der Waals surface area contributed by atoms with Gasteiger partial charge in [0.15, 0.2) is 5.96 Å². The second kappa shape index (κ2) is 9.93. The number of nitrogens with one attached hydrogen (secondary N) is 2. The molecule has 0 amide bonds. The van der Waals surface area contributed by atoms with E-state index < -0.39 is 5.60 Å². The van der Waals surface area contributed by atoms with Crippen LogP contribution in [-0.4, -0.2) is 24.2 Å². The molecule has 0 aliphatic heterocycles. The van der Waals surface area contributed by atoms with Crippen LogP contribution < -0.4 is 10.6 Å². The first-order chi connectivity index (χ1) is 13.0. The summed E-state index contributed by atoms with van der Waals surface area (Å²) >= 11 is 0. The Bertz CT molecular complexity index is 902. The molecule has 2 atom stereocenters. The third-order valence-corrected chi connectivity index (χ3v) is 4.58. The summed E-state index contributed by atoms with van der Waals surface area (Å²) in [5, 5.41) is 19.8. The Hall–Kier alpha value is -2.06. The Morgan fingerprint density at radius 2 is 1.89 bits per heavy atom. The first kappa shape index (κ1) is 22.2. The van der Waals surface area contributed by atoms with Crippen molar-refractivity contribution in [3.05, 3.63) is 72.2 Å². The molecule has 0 saturated carbocycles. The third-order valence-electron chi connectivity index (χ3n) is 4.58. The van der Waals surface area contributed by atoms with Crippen LogP contribution >= 0.6 is 24.0 Å². The fourth-order valence-electron chi connectivity index (χ4n) is 3.13. The molecule has 0 saturated heterocycles. The van der Waals surface area contributed by atoms with Crippen molar-refractivity contribution in [2.24, 2.45) is 4.99 Å². The van der Waals surface area contributed by atoms with Gasteiger partial charge in [-0.05, 0) is 49.2 Å². The van der Waals surface area contributed by atoms with E-state index in [4.69, 9.17) is 4.42 Å². The number of fused-ring (bicyclic) bond motifs is 1. The number of hydrogen-bond donors (Lipinski definition) is 3. The molecule has 0 bridgehead atoms. The van der Waals surface area contributed by atoms with E-state index in [-0.39, 0.29) is 36.6 Å². The highest BCUT2D eigenvalue weighted by atomic mass is 127. The van der Waals surface area contributed by atoms with Crippen molar-refractivity contribution in [1.82, 2.24) is 10.6 Å². The van der Waals surface area contributed by atoms with Gasteiger partial charge in [0.2, 0.25) is 0 Å². The second-order valence-electron chi connectivity index (χ2n) is 6.88. The zero-order valence-corrected chi connectivity index (χ0v) is 18.8. The van der Waals surface area contributed by atoms with Crippen molar-refractivity contribution < 1.29 is 9.52 Å². The van der Waals surface area contributed by atoms with Gasteiger partial charge in [0, 0.05) is 6.54 Å². The monoisotopic (exact) mass is 493 g/mol. The Balaban J connectivity index is 0.00000280. The number of aliphatic hydroxyl groups is 1. The molecule has 5 nitrogen and oxygen atoms in total. The van der Waals surface area contributed by atoms with Gasteiger partial charge in [-0.3, -0.25) is 0 Å². The Labute approximate surface area is 183 Å². The number of rotatable bonds is 6. The van der Waals surface area contributed by atoms with Crippen LogP contribution in [-0.2, 0) is 5.60 Å². The topological polar surface area (TPSA) is 69.8 Å². The highest BCUT2D eigenvalue weighted by Crippen LogP contribution is 2.24. The van der Waals surface area contributed by atoms with Crippen molar-refractivity contribution in [2.75, 3.05) is 13.1 Å². The van der Waals surface area contributed by atoms with Gasteiger partial charge in [-0.2, -0.15) is 0 Å². The molecule has 150 valence electrons. The second-order valence-corrected chi connectivity index (χ2v) is 6.88. The number of halogens is 1.